The fraction of sp³-hybridized carbons (Fsp3) is 0.300. The number of nitrogens with zero attached hydrogens (tertiary/aromatic N) is 4. The third kappa shape index (κ3) is 3.21. The highest BCUT2D eigenvalue weighted by molar-refractivity contribution is 9.10. The van der Waals surface area contributed by atoms with E-state index in [9.17, 15) is 4.79 Å². The summed E-state index contributed by atoms with van der Waals surface area (Å²) < 4.78 is 4.98. The molecular weight excluding hydrogens is 392 g/mol. The maximum atomic E-state index is 13.1. The molecule has 0 radical (unpaired) electrons. The number of para-hydroxylation sites is 1. The van der Waals surface area contributed by atoms with Crippen molar-refractivity contribution in [2.45, 2.75) is 25.3 Å². The molecule has 134 valence electrons. The minimum absolute atomic E-state index is 0.0198. The fourth-order valence-corrected chi connectivity index (χ4v) is 3.86. The molecule has 26 heavy (non-hydrogen) atoms. The number of aryl methyl sites for hydroxylation is 1. The van der Waals surface area contributed by atoms with Crippen molar-refractivity contribution in [1.82, 2.24) is 19.2 Å². The quantitative estimate of drug-likeness (QED) is 0.632. The van der Waals surface area contributed by atoms with E-state index in [-0.39, 0.29) is 5.91 Å². The Labute approximate surface area is 161 Å². The molecule has 0 bridgehead atoms. The Morgan fingerprint density at radius 3 is 2.65 bits per heavy atom. The van der Waals surface area contributed by atoms with Crippen LogP contribution in [0.1, 0.15) is 40.5 Å². The number of benzene rings is 1. The van der Waals surface area contributed by atoms with Gasteiger partial charge in [-0.1, -0.05) is 18.2 Å². The molecule has 1 aliphatic carbocycles. The average molecular weight is 413 g/mol. The lowest BCUT2D eigenvalue weighted by molar-refractivity contribution is 0.0781. The van der Waals surface area contributed by atoms with E-state index in [1.54, 1.807) is 11.1 Å². The largest absolute Gasteiger partial charge is 0.352 e. The monoisotopic (exact) mass is 412 g/mol. The molecule has 0 atom stereocenters. The summed E-state index contributed by atoms with van der Waals surface area (Å²) in [7, 11) is 3.83. The standard InChI is InChI=1S/C20H21BrN4O/c1-23-12-15(21)10-17(23)13-24(2)20(26)18-11-22-25(19(18)14-8-9-14)16-6-4-3-5-7-16/h3-7,10-12,14H,8-9,13H2,1-2H3. The number of aromatic nitrogens is 3. The average Bonchev–Trinajstić information content (AvgIpc) is 3.30. The zero-order valence-electron chi connectivity index (χ0n) is 14.9. The third-order valence-corrected chi connectivity index (χ3v) is 5.26. The summed E-state index contributed by atoms with van der Waals surface area (Å²) in [6.07, 6.45) is 5.96. The van der Waals surface area contributed by atoms with E-state index in [2.05, 4.69) is 21.0 Å². The van der Waals surface area contributed by atoms with Gasteiger partial charge in [-0.3, -0.25) is 4.79 Å². The van der Waals surface area contributed by atoms with Gasteiger partial charge in [0, 0.05) is 36.4 Å². The van der Waals surface area contributed by atoms with Gasteiger partial charge in [-0.15, -0.1) is 0 Å². The summed E-state index contributed by atoms with van der Waals surface area (Å²) in [5, 5.41) is 4.54. The first-order valence-electron chi connectivity index (χ1n) is 8.74. The zero-order valence-corrected chi connectivity index (χ0v) is 16.5. The van der Waals surface area contributed by atoms with Gasteiger partial charge < -0.3 is 9.47 Å². The summed E-state index contributed by atoms with van der Waals surface area (Å²) >= 11 is 3.49. The highest BCUT2D eigenvalue weighted by Gasteiger charge is 2.33. The van der Waals surface area contributed by atoms with Gasteiger partial charge in [0.1, 0.15) is 0 Å². The Bertz CT molecular complexity index is 940. The Morgan fingerprint density at radius 2 is 2.04 bits per heavy atom. The maximum absolute atomic E-state index is 13.1. The fourth-order valence-electron chi connectivity index (χ4n) is 3.29. The molecule has 0 N–H and O–H groups in total. The van der Waals surface area contributed by atoms with E-state index >= 15 is 0 Å². The summed E-state index contributed by atoms with van der Waals surface area (Å²) in [4.78, 5) is 14.9. The Kier molecular flexibility index (Phi) is 4.44. The van der Waals surface area contributed by atoms with E-state index in [4.69, 9.17) is 0 Å². The summed E-state index contributed by atoms with van der Waals surface area (Å²) in [5.74, 6) is 0.445. The molecular formula is C20H21BrN4O. The Hall–Kier alpha value is -2.34. The van der Waals surface area contributed by atoms with Crippen LogP contribution in [-0.4, -0.2) is 32.2 Å². The predicted octanol–water partition coefficient (Wildman–Crippen LogP) is 4.12. The minimum atomic E-state index is 0.0198. The highest BCUT2D eigenvalue weighted by atomic mass is 79.9. The number of halogens is 1. The second kappa shape index (κ2) is 6.76. The second-order valence-corrected chi connectivity index (χ2v) is 7.80. The van der Waals surface area contributed by atoms with Crippen molar-refractivity contribution in [2.75, 3.05) is 7.05 Å². The molecule has 0 aliphatic heterocycles. The highest BCUT2D eigenvalue weighted by Crippen LogP contribution is 2.42. The molecule has 1 fully saturated rings. The van der Waals surface area contributed by atoms with Crippen LogP contribution in [0.25, 0.3) is 5.69 Å². The zero-order chi connectivity index (χ0) is 18.3. The van der Waals surface area contributed by atoms with Crippen molar-refractivity contribution < 1.29 is 4.79 Å². The van der Waals surface area contributed by atoms with Gasteiger partial charge in [0.25, 0.3) is 5.91 Å². The van der Waals surface area contributed by atoms with Gasteiger partial charge in [-0.25, -0.2) is 4.68 Å². The lowest BCUT2D eigenvalue weighted by Crippen LogP contribution is -2.27. The SMILES string of the molecule is CN(Cc1cc(Br)cn1C)C(=O)c1cnn(-c2ccccc2)c1C1CC1. The molecule has 1 aliphatic rings. The van der Waals surface area contributed by atoms with E-state index in [1.807, 2.05) is 65.9 Å². The molecule has 1 aromatic carbocycles. The molecule has 0 saturated heterocycles. The second-order valence-electron chi connectivity index (χ2n) is 6.89. The van der Waals surface area contributed by atoms with E-state index in [0.29, 0.717) is 18.0 Å². The van der Waals surface area contributed by atoms with Gasteiger partial charge in [-0.2, -0.15) is 5.10 Å². The van der Waals surface area contributed by atoms with Gasteiger partial charge in [0.15, 0.2) is 0 Å². The number of carbonyl (C=O) groups excluding carboxylic acids is 1. The lowest BCUT2D eigenvalue weighted by Gasteiger charge is -2.18. The molecule has 2 heterocycles. The van der Waals surface area contributed by atoms with Crippen LogP contribution in [0, 0.1) is 0 Å². The Morgan fingerprint density at radius 1 is 1.31 bits per heavy atom. The lowest BCUT2D eigenvalue weighted by atomic mass is 10.1. The van der Waals surface area contributed by atoms with Crippen molar-refractivity contribution in [1.29, 1.82) is 0 Å². The van der Waals surface area contributed by atoms with E-state index < -0.39 is 0 Å². The van der Waals surface area contributed by atoms with Crippen LogP contribution < -0.4 is 0 Å². The molecule has 0 unspecified atom stereocenters. The van der Waals surface area contributed by atoms with Crippen LogP contribution in [0.5, 0.6) is 0 Å². The van der Waals surface area contributed by atoms with Gasteiger partial charge in [0.05, 0.1) is 29.7 Å². The molecule has 3 aromatic rings. The molecule has 2 aromatic heterocycles. The Balaban J connectivity index is 1.64. The number of amides is 1. The van der Waals surface area contributed by atoms with Gasteiger partial charge >= 0.3 is 0 Å². The summed E-state index contributed by atoms with van der Waals surface area (Å²) in [6, 6.07) is 12.1. The van der Waals surface area contributed by atoms with Gasteiger partial charge in [-0.05, 0) is 47.0 Å². The van der Waals surface area contributed by atoms with Crippen molar-refractivity contribution in [3.05, 3.63) is 70.2 Å². The van der Waals surface area contributed by atoms with Crippen molar-refractivity contribution in [3.63, 3.8) is 0 Å². The van der Waals surface area contributed by atoms with Crippen molar-refractivity contribution in [3.8, 4) is 5.69 Å². The first-order valence-corrected chi connectivity index (χ1v) is 9.53. The van der Waals surface area contributed by atoms with Crippen molar-refractivity contribution in [2.24, 2.45) is 7.05 Å². The van der Waals surface area contributed by atoms with Crippen LogP contribution in [0.2, 0.25) is 0 Å². The smallest absolute Gasteiger partial charge is 0.257 e. The third-order valence-electron chi connectivity index (χ3n) is 4.82. The van der Waals surface area contributed by atoms with Crippen LogP contribution in [0.3, 0.4) is 0 Å². The van der Waals surface area contributed by atoms with Crippen LogP contribution in [-0.2, 0) is 13.6 Å². The van der Waals surface area contributed by atoms with Crippen molar-refractivity contribution >= 4 is 21.8 Å². The normalized spacial score (nSPS) is 13.8. The molecule has 4 rings (SSSR count). The maximum Gasteiger partial charge on any atom is 0.257 e. The van der Waals surface area contributed by atoms with E-state index in [0.717, 1.165) is 34.4 Å². The molecule has 1 amide bonds. The van der Waals surface area contributed by atoms with Crippen LogP contribution in [0.4, 0.5) is 0 Å². The number of rotatable bonds is 5. The predicted molar refractivity (Wildman–Crippen MR) is 104 cm³/mol. The first kappa shape index (κ1) is 17.1. The topological polar surface area (TPSA) is 43.1 Å². The van der Waals surface area contributed by atoms with Gasteiger partial charge in [0.2, 0.25) is 0 Å². The molecule has 6 heteroatoms. The first-order chi connectivity index (χ1) is 12.5. The number of hydrogen-bond donors (Lipinski definition) is 0. The van der Waals surface area contributed by atoms with E-state index in [1.165, 1.54) is 0 Å². The molecule has 1 saturated carbocycles. The molecule has 5 nitrogen and oxygen atoms in total. The molecule has 0 spiro atoms. The van der Waals surface area contributed by atoms with Crippen LogP contribution >= 0.6 is 15.9 Å². The summed E-state index contributed by atoms with van der Waals surface area (Å²) in [5.41, 5.74) is 3.84. The summed E-state index contributed by atoms with van der Waals surface area (Å²) in [6.45, 7) is 0.557. The number of hydrogen-bond acceptors (Lipinski definition) is 2. The van der Waals surface area contributed by atoms with Crippen LogP contribution in [0.15, 0.2) is 53.3 Å². The number of carbonyl (C=O) groups is 1. The minimum Gasteiger partial charge on any atom is -0.352 e.